The smallest absolute Gasteiger partial charge is 0.252 e. The van der Waals surface area contributed by atoms with Crippen molar-refractivity contribution in [2.75, 3.05) is 9.80 Å². The zero-order valence-corrected chi connectivity index (χ0v) is 19.8. The first-order valence-electron chi connectivity index (χ1n) is 13.0. The van der Waals surface area contributed by atoms with Gasteiger partial charge < -0.3 is 9.80 Å². The fraction of sp³-hybridized carbons (Fsp3) is 0.0909. The Morgan fingerprint density at radius 1 is 0.389 bits per heavy atom. The molecule has 10 rings (SSSR count). The standard InChI is InChI=1S/C33H21BN2/c1-3-8-25-19(6-1)16-23-14-12-21-18-22-13-15-24-17-20-7-2-4-9-26(20)36-28-11-5-10-27-31(28)34(30(22)33(24)36)29(21)32(23)35(25)27/h1-15H,16-18H2. The lowest BCUT2D eigenvalue weighted by Crippen LogP contribution is -2.65. The number of nitrogens with zero attached hydrogens (tertiary/aromatic N) is 2. The van der Waals surface area contributed by atoms with E-state index in [0.29, 0.717) is 6.71 Å². The molecule has 0 radical (unpaired) electrons. The topological polar surface area (TPSA) is 6.48 Å². The van der Waals surface area contributed by atoms with Crippen molar-refractivity contribution in [2.24, 2.45) is 0 Å². The van der Waals surface area contributed by atoms with E-state index in [9.17, 15) is 0 Å². The van der Waals surface area contributed by atoms with Crippen LogP contribution in [0.4, 0.5) is 34.1 Å². The van der Waals surface area contributed by atoms with E-state index in [1.54, 1.807) is 10.9 Å². The summed E-state index contributed by atoms with van der Waals surface area (Å²) in [5.74, 6) is 0. The Kier molecular flexibility index (Phi) is 2.98. The molecule has 0 unspecified atom stereocenters. The number of anilines is 6. The zero-order chi connectivity index (χ0) is 23.1. The summed E-state index contributed by atoms with van der Waals surface area (Å²) in [5, 5.41) is 0. The van der Waals surface area contributed by atoms with Gasteiger partial charge in [-0.15, -0.1) is 0 Å². The summed E-state index contributed by atoms with van der Waals surface area (Å²) >= 11 is 0. The van der Waals surface area contributed by atoms with Crippen LogP contribution >= 0.6 is 0 Å². The molecule has 5 aromatic carbocycles. The van der Waals surface area contributed by atoms with E-state index in [0.717, 1.165) is 19.3 Å². The molecule has 0 N–H and O–H groups in total. The van der Waals surface area contributed by atoms with Crippen LogP contribution in [0, 0.1) is 0 Å². The molecule has 5 aliphatic rings. The summed E-state index contributed by atoms with van der Waals surface area (Å²) in [6, 6.07) is 34.7. The molecule has 5 aromatic rings. The Hall–Kier alpha value is -4.24. The average Bonchev–Trinajstić information content (AvgIpc) is 2.93. The van der Waals surface area contributed by atoms with E-state index in [4.69, 9.17) is 0 Å². The fourth-order valence-electron chi connectivity index (χ4n) is 7.93. The normalized spacial score (nSPS) is 15.8. The molecule has 0 fully saturated rings. The number of rotatable bonds is 0. The fourth-order valence-corrected chi connectivity index (χ4v) is 7.93. The Morgan fingerprint density at radius 2 is 0.833 bits per heavy atom. The van der Waals surface area contributed by atoms with Gasteiger partial charge in [0.25, 0.3) is 6.71 Å². The molecule has 5 heterocycles. The Morgan fingerprint density at radius 3 is 1.39 bits per heavy atom. The monoisotopic (exact) mass is 456 g/mol. The maximum absolute atomic E-state index is 2.60. The highest BCUT2D eigenvalue weighted by Crippen LogP contribution is 2.51. The van der Waals surface area contributed by atoms with Crippen LogP contribution in [0.15, 0.2) is 91.0 Å². The van der Waals surface area contributed by atoms with Gasteiger partial charge in [0.15, 0.2) is 0 Å². The number of fused-ring (bicyclic) bond motifs is 6. The van der Waals surface area contributed by atoms with Crippen molar-refractivity contribution in [1.82, 2.24) is 0 Å². The van der Waals surface area contributed by atoms with Gasteiger partial charge in [-0.3, -0.25) is 0 Å². The quantitative estimate of drug-likeness (QED) is 0.279. The van der Waals surface area contributed by atoms with Crippen LogP contribution in [0.25, 0.3) is 0 Å². The highest BCUT2D eigenvalue weighted by atomic mass is 15.2. The molecule has 0 spiro atoms. The number of hydrogen-bond acceptors (Lipinski definition) is 2. The van der Waals surface area contributed by atoms with E-state index in [2.05, 4.69) is 101 Å². The van der Waals surface area contributed by atoms with Gasteiger partial charge in [-0.2, -0.15) is 0 Å². The molecular weight excluding hydrogens is 435 g/mol. The van der Waals surface area contributed by atoms with Gasteiger partial charge >= 0.3 is 0 Å². The molecule has 0 atom stereocenters. The second kappa shape index (κ2) is 5.94. The van der Waals surface area contributed by atoms with Gasteiger partial charge in [-0.25, -0.2) is 0 Å². The van der Waals surface area contributed by atoms with E-state index in [1.165, 1.54) is 73.0 Å². The van der Waals surface area contributed by atoms with Crippen molar-refractivity contribution in [1.29, 1.82) is 0 Å². The van der Waals surface area contributed by atoms with Crippen LogP contribution < -0.4 is 26.2 Å². The predicted octanol–water partition coefficient (Wildman–Crippen LogP) is 5.48. The van der Waals surface area contributed by atoms with Crippen LogP contribution in [0.5, 0.6) is 0 Å². The number of para-hydroxylation sites is 2. The summed E-state index contributed by atoms with van der Waals surface area (Å²) in [7, 11) is 0. The largest absolute Gasteiger partial charge is 0.311 e. The van der Waals surface area contributed by atoms with Crippen molar-refractivity contribution in [3.8, 4) is 0 Å². The minimum absolute atomic E-state index is 0.308. The second-order valence-corrected chi connectivity index (χ2v) is 10.9. The van der Waals surface area contributed by atoms with Crippen molar-refractivity contribution in [3.05, 3.63) is 124 Å². The SMILES string of the molecule is c1ccc2c(c1)Cc1ccc3c4c1N2c1cccc2c1B4c1c(ccc4c1N2c1ccccc1C4)C3. The van der Waals surface area contributed by atoms with Crippen LogP contribution in [0.2, 0.25) is 0 Å². The molecule has 0 saturated carbocycles. The molecule has 36 heavy (non-hydrogen) atoms. The lowest BCUT2D eigenvalue weighted by Gasteiger charge is -2.50. The summed E-state index contributed by atoms with van der Waals surface area (Å²) in [4.78, 5) is 5.19. The number of benzene rings is 5. The molecule has 0 amide bonds. The minimum Gasteiger partial charge on any atom is -0.311 e. The highest BCUT2D eigenvalue weighted by Gasteiger charge is 2.49. The van der Waals surface area contributed by atoms with Crippen LogP contribution in [-0.4, -0.2) is 6.71 Å². The van der Waals surface area contributed by atoms with Crippen molar-refractivity contribution < 1.29 is 0 Å². The third kappa shape index (κ3) is 1.90. The first-order valence-corrected chi connectivity index (χ1v) is 13.0. The Balaban J connectivity index is 1.39. The summed E-state index contributed by atoms with van der Waals surface area (Å²) in [6.07, 6.45) is 3.04. The molecule has 0 saturated heterocycles. The van der Waals surface area contributed by atoms with Crippen molar-refractivity contribution in [2.45, 2.75) is 19.3 Å². The minimum atomic E-state index is 0.308. The molecule has 5 aliphatic heterocycles. The third-order valence-corrected chi connectivity index (χ3v) is 9.24. The molecule has 166 valence electrons. The predicted molar refractivity (Wildman–Crippen MR) is 149 cm³/mol. The molecule has 0 aromatic heterocycles. The van der Waals surface area contributed by atoms with Crippen LogP contribution in [-0.2, 0) is 19.3 Å². The summed E-state index contributed by atoms with van der Waals surface area (Å²) in [5.41, 5.74) is 21.6. The maximum Gasteiger partial charge on any atom is 0.252 e. The van der Waals surface area contributed by atoms with E-state index in [1.807, 2.05) is 0 Å². The van der Waals surface area contributed by atoms with E-state index < -0.39 is 0 Å². The van der Waals surface area contributed by atoms with E-state index in [-0.39, 0.29) is 0 Å². The summed E-state index contributed by atoms with van der Waals surface area (Å²) in [6.45, 7) is 0.308. The Bertz CT molecular complexity index is 1720. The first kappa shape index (κ1) is 18.1. The maximum atomic E-state index is 2.60. The van der Waals surface area contributed by atoms with Crippen LogP contribution in [0.1, 0.15) is 33.4 Å². The number of hydrogen-bond donors (Lipinski definition) is 0. The molecule has 0 aliphatic carbocycles. The van der Waals surface area contributed by atoms with Gasteiger partial charge in [0.1, 0.15) is 0 Å². The highest BCUT2D eigenvalue weighted by molar-refractivity contribution is 7.01. The van der Waals surface area contributed by atoms with Crippen molar-refractivity contribution >= 4 is 57.2 Å². The van der Waals surface area contributed by atoms with Gasteiger partial charge in [0, 0.05) is 47.0 Å². The Labute approximate surface area is 210 Å². The molecular formula is C33H21BN2. The van der Waals surface area contributed by atoms with E-state index >= 15 is 0 Å². The van der Waals surface area contributed by atoms with Gasteiger partial charge in [-0.05, 0) is 80.5 Å². The molecule has 0 bridgehead atoms. The van der Waals surface area contributed by atoms with Gasteiger partial charge in [0.05, 0.1) is 0 Å². The molecule has 2 nitrogen and oxygen atoms in total. The van der Waals surface area contributed by atoms with Crippen molar-refractivity contribution in [3.63, 3.8) is 0 Å². The second-order valence-electron chi connectivity index (χ2n) is 10.9. The molecule has 3 heteroatoms. The summed E-state index contributed by atoms with van der Waals surface area (Å²) < 4.78 is 0. The zero-order valence-electron chi connectivity index (χ0n) is 19.8. The lowest BCUT2D eigenvalue weighted by atomic mass is 9.30. The first-order chi connectivity index (χ1) is 17.9. The lowest BCUT2D eigenvalue weighted by molar-refractivity contribution is 1.05. The van der Waals surface area contributed by atoms with Gasteiger partial charge in [0.2, 0.25) is 0 Å². The third-order valence-electron chi connectivity index (χ3n) is 9.24. The average molecular weight is 456 g/mol. The van der Waals surface area contributed by atoms with Gasteiger partial charge in [-0.1, -0.05) is 66.7 Å². The van der Waals surface area contributed by atoms with Crippen LogP contribution in [0.3, 0.4) is 0 Å².